The van der Waals surface area contributed by atoms with E-state index < -0.39 is 22.7 Å². The lowest BCUT2D eigenvalue weighted by Crippen LogP contribution is -2.39. The minimum absolute atomic E-state index is 0.0475. The summed E-state index contributed by atoms with van der Waals surface area (Å²) in [6, 6.07) is 2.75. The van der Waals surface area contributed by atoms with Crippen molar-refractivity contribution in [2.24, 2.45) is 0 Å². The van der Waals surface area contributed by atoms with E-state index in [1.54, 1.807) is 13.8 Å². The number of sulfonamides is 1. The SMILES string of the molecule is CCN(CC(F)(F)F)S(=O)(=O)c1cc(C)c(C)cc1N. The Labute approximate surface area is 116 Å². The molecule has 0 bridgehead atoms. The number of hydrogen-bond acceptors (Lipinski definition) is 3. The van der Waals surface area contributed by atoms with Crippen molar-refractivity contribution >= 4 is 15.7 Å². The van der Waals surface area contributed by atoms with Gasteiger partial charge in [-0.2, -0.15) is 17.5 Å². The fourth-order valence-electron chi connectivity index (χ4n) is 1.74. The Morgan fingerprint density at radius 2 is 1.70 bits per heavy atom. The van der Waals surface area contributed by atoms with Crippen LogP contribution in [0.2, 0.25) is 0 Å². The molecule has 0 aliphatic heterocycles. The first kappa shape index (κ1) is 16.8. The van der Waals surface area contributed by atoms with Crippen LogP contribution in [0.1, 0.15) is 18.1 Å². The molecule has 0 amide bonds. The van der Waals surface area contributed by atoms with Crippen LogP contribution in [0.3, 0.4) is 0 Å². The third-order valence-electron chi connectivity index (χ3n) is 2.95. The molecular weight excluding hydrogens is 293 g/mol. The number of nitrogen functional groups attached to an aromatic ring is 1. The lowest BCUT2D eigenvalue weighted by atomic mass is 10.1. The molecule has 114 valence electrons. The van der Waals surface area contributed by atoms with E-state index in [2.05, 4.69) is 0 Å². The summed E-state index contributed by atoms with van der Waals surface area (Å²) in [5.41, 5.74) is 7.03. The first-order valence-electron chi connectivity index (χ1n) is 5.92. The highest BCUT2D eigenvalue weighted by molar-refractivity contribution is 7.89. The molecule has 0 spiro atoms. The number of anilines is 1. The fraction of sp³-hybridized carbons (Fsp3) is 0.500. The van der Waals surface area contributed by atoms with Crippen LogP contribution in [0.15, 0.2) is 17.0 Å². The number of nitrogens with two attached hydrogens (primary N) is 1. The average Bonchev–Trinajstić information content (AvgIpc) is 2.29. The molecule has 1 aromatic rings. The van der Waals surface area contributed by atoms with E-state index in [-0.39, 0.29) is 17.1 Å². The molecule has 0 saturated heterocycles. The number of halogens is 3. The Morgan fingerprint density at radius 3 is 2.15 bits per heavy atom. The van der Waals surface area contributed by atoms with Gasteiger partial charge in [-0.3, -0.25) is 0 Å². The minimum atomic E-state index is -4.60. The Hall–Kier alpha value is -1.28. The van der Waals surface area contributed by atoms with Crippen molar-refractivity contribution in [2.45, 2.75) is 31.8 Å². The van der Waals surface area contributed by atoms with Gasteiger partial charge < -0.3 is 5.73 Å². The molecule has 8 heteroatoms. The van der Waals surface area contributed by atoms with Crippen molar-refractivity contribution in [3.05, 3.63) is 23.3 Å². The highest BCUT2D eigenvalue weighted by Gasteiger charge is 2.36. The predicted molar refractivity (Wildman–Crippen MR) is 70.8 cm³/mol. The van der Waals surface area contributed by atoms with Crippen LogP contribution in [0, 0.1) is 13.8 Å². The van der Waals surface area contributed by atoms with Gasteiger partial charge in [0.05, 0.1) is 5.69 Å². The van der Waals surface area contributed by atoms with Gasteiger partial charge in [0.25, 0.3) is 0 Å². The van der Waals surface area contributed by atoms with Crippen molar-refractivity contribution in [1.29, 1.82) is 0 Å². The van der Waals surface area contributed by atoms with Gasteiger partial charge in [-0.25, -0.2) is 8.42 Å². The first-order valence-corrected chi connectivity index (χ1v) is 7.36. The Morgan fingerprint density at radius 1 is 1.20 bits per heavy atom. The summed E-state index contributed by atoms with van der Waals surface area (Å²) in [7, 11) is -4.27. The van der Waals surface area contributed by atoms with E-state index in [0.29, 0.717) is 9.87 Å². The quantitative estimate of drug-likeness (QED) is 0.869. The molecule has 2 N–H and O–H groups in total. The number of rotatable bonds is 4. The maximum Gasteiger partial charge on any atom is 0.402 e. The highest BCUT2D eigenvalue weighted by atomic mass is 32.2. The Balaban J connectivity index is 3.31. The zero-order valence-electron chi connectivity index (χ0n) is 11.5. The van der Waals surface area contributed by atoms with Gasteiger partial charge in [-0.15, -0.1) is 0 Å². The molecule has 0 aliphatic carbocycles. The minimum Gasteiger partial charge on any atom is -0.398 e. The maximum absolute atomic E-state index is 12.4. The molecule has 0 aromatic heterocycles. The summed E-state index contributed by atoms with van der Waals surface area (Å²) < 4.78 is 62.2. The van der Waals surface area contributed by atoms with Crippen molar-refractivity contribution in [2.75, 3.05) is 18.8 Å². The van der Waals surface area contributed by atoms with Gasteiger partial charge in [-0.05, 0) is 37.1 Å². The van der Waals surface area contributed by atoms with E-state index in [1.807, 2.05) is 0 Å². The zero-order valence-corrected chi connectivity index (χ0v) is 12.3. The van der Waals surface area contributed by atoms with Crippen LogP contribution < -0.4 is 5.73 Å². The molecule has 0 radical (unpaired) electrons. The lowest BCUT2D eigenvalue weighted by Gasteiger charge is -2.23. The van der Waals surface area contributed by atoms with Gasteiger partial charge in [0.2, 0.25) is 10.0 Å². The van der Waals surface area contributed by atoms with E-state index in [4.69, 9.17) is 5.73 Å². The Kier molecular flexibility index (Phi) is 4.70. The van der Waals surface area contributed by atoms with E-state index in [1.165, 1.54) is 19.1 Å². The van der Waals surface area contributed by atoms with Crippen LogP contribution in [-0.4, -0.2) is 32.0 Å². The average molecular weight is 310 g/mol. The molecule has 1 rings (SSSR count). The van der Waals surface area contributed by atoms with Crippen LogP contribution >= 0.6 is 0 Å². The van der Waals surface area contributed by atoms with Crippen molar-refractivity contribution in [3.63, 3.8) is 0 Å². The van der Waals surface area contributed by atoms with Gasteiger partial charge in [0.15, 0.2) is 0 Å². The molecule has 0 fully saturated rings. The second kappa shape index (κ2) is 5.61. The van der Waals surface area contributed by atoms with Crippen molar-refractivity contribution in [1.82, 2.24) is 4.31 Å². The zero-order chi connectivity index (χ0) is 15.7. The summed E-state index contributed by atoms with van der Waals surface area (Å²) in [6.45, 7) is 2.95. The van der Waals surface area contributed by atoms with E-state index >= 15 is 0 Å². The summed E-state index contributed by atoms with van der Waals surface area (Å²) in [6.07, 6.45) is -4.60. The van der Waals surface area contributed by atoms with Gasteiger partial charge >= 0.3 is 6.18 Å². The Bertz CT molecular complexity index is 597. The molecule has 0 aliphatic rings. The van der Waals surface area contributed by atoms with Crippen LogP contribution in [0.5, 0.6) is 0 Å². The highest BCUT2D eigenvalue weighted by Crippen LogP contribution is 2.28. The largest absolute Gasteiger partial charge is 0.402 e. The summed E-state index contributed by atoms with van der Waals surface area (Å²) in [5.74, 6) is 0. The number of alkyl halides is 3. The summed E-state index contributed by atoms with van der Waals surface area (Å²) >= 11 is 0. The third kappa shape index (κ3) is 3.63. The van der Waals surface area contributed by atoms with E-state index in [9.17, 15) is 21.6 Å². The normalized spacial score (nSPS) is 12.9. The fourth-order valence-corrected chi connectivity index (χ4v) is 3.36. The number of hydrogen-bond donors (Lipinski definition) is 1. The molecule has 0 saturated carbocycles. The van der Waals surface area contributed by atoms with Crippen LogP contribution in [0.25, 0.3) is 0 Å². The molecule has 4 nitrogen and oxygen atoms in total. The predicted octanol–water partition coefficient (Wildman–Crippen LogP) is 2.46. The van der Waals surface area contributed by atoms with Gasteiger partial charge in [-0.1, -0.05) is 6.92 Å². The maximum atomic E-state index is 12.4. The van der Waals surface area contributed by atoms with Crippen LogP contribution in [-0.2, 0) is 10.0 Å². The standard InChI is InChI=1S/C12H17F3N2O2S/c1-4-17(7-12(13,14)15)20(18,19)11-6-9(3)8(2)5-10(11)16/h5-6H,4,7,16H2,1-3H3. The van der Waals surface area contributed by atoms with Gasteiger partial charge in [0, 0.05) is 6.54 Å². The van der Waals surface area contributed by atoms with Crippen LogP contribution in [0.4, 0.5) is 18.9 Å². The second-order valence-corrected chi connectivity index (χ2v) is 6.43. The molecular formula is C12H17F3N2O2S. The molecule has 0 atom stereocenters. The number of aryl methyl sites for hydroxylation is 2. The van der Waals surface area contributed by atoms with Gasteiger partial charge in [0.1, 0.15) is 11.4 Å². The van der Waals surface area contributed by atoms with Crippen molar-refractivity contribution in [3.8, 4) is 0 Å². The summed E-state index contributed by atoms with van der Waals surface area (Å²) in [4.78, 5) is -0.285. The summed E-state index contributed by atoms with van der Waals surface area (Å²) in [5, 5.41) is 0. The topological polar surface area (TPSA) is 63.4 Å². The monoisotopic (exact) mass is 310 g/mol. The smallest absolute Gasteiger partial charge is 0.398 e. The molecule has 20 heavy (non-hydrogen) atoms. The van der Waals surface area contributed by atoms with Crippen molar-refractivity contribution < 1.29 is 21.6 Å². The van der Waals surface area contributed by atoms with E-state index in [0.717, 1.165) is 5.56 Å². The molecule has 1 aromatic carbocycles. The number of nitrogens with zero attached hydrogens (tertiary/aromatic N) is 1. The first-order chi connectivity index (χ1) is 8.99. The number of benzene rings is 1. The molecule has 0 unspecified atom stereocenters. The molecule has 0 heterocycles. The second-order valence-electron chi connectivity index (χ2n) is 4.52. The third-order valence-corrected chi connectivity index (χ3v) is 4.93. The lowest BCUT2D eigenvalue weighted by molar-refractivity contribution is -0.135.